The van der Waals surface area contributed by atoms with Gasteiger partial charge in [0.1, 0.15) is 15.7 Å². The van der Waals surface area contributed by atoms with Crippen LogP contribution in [0.25, 0.3) is 21.3 Å². The van der Waals surface area contributed by atoms with E-state index in [0.717, 1.165) is 17.5 Å². The molecule has 0 saturated heterocycles. The van der Waals surface area contributed by atoms with E-state index in [-0.39, 0.29) is 31.9 Å². The number of nitrogens with two attached hydrogens (primary N) is 1. The van der Waals surface area contributed by atoms with Crippen LogP contribution in [0.4, 0.5) is 18.9 Å². The zero-order valence-electron chi connectivity index (χ0n) is 10.7. The lowest BCUT2D eigenvalue weighted by Gasteiger charge is -2.08. The van der Waals surface area contributed by atoms with Gasteiger partial charge in [-0.25, -0.2) is 22.9 Å². The summed E-state index contributed by atoms with van der Waals surface area (Å²) in [6.07, 6.45) is 1.14. The molecule has 0 aliphatic carbocycles. The van der Waals surface area contributed by atoms with Gasteiger partial charge in [-0.05, 0) is 12.1 Å². The van der Waals surface area contributed by atoms with Gasteiger partial charge in [-0.15, -0.1) is 11.3 Å². The number of fused-ring (bicyclic) bond motifs is 1. The van der Waals surface area contributed by atoms with E-state index in [1.54, 1.807) is 0 Å². The van der Waals surface area contributed by atoms with Crippen molar-refractivity contribution >= 4 is 33.8 Å². The Morgan fingerprint density at radius 3 is 2.55 bits per heavy atom. The fourth-order valence-electron chi connectivity index (χ4n) is 2.11. The normalized spacial score (nSPS) is 11.0. The number of carboxylic acids is 1. The number of nitrogens with zero attached hydrogens (tertiary/aromatic N) is 1. The molecule has 3 N–H and O–H groups in total. The Morgan fingerprint density at radius 2 is 1.91 bits per heavy atom. The maximum atomic E-state index is 13.9. The molecule has 1 heterocycles. The molecule has 112 valence electrons. The number of carbonyl (C=O) groups is 1. The molecule has 0 aliphatic rings. The van der Waals surface area contributed by atoms with E-state index in [2.05, 4.69) is 4.98 Å². The van der Waals surface area contributed by atoms with E-state index >= 15 is 0 Å². The van der Waals surface area contributed by atoms with Crippen molar-refractivity contribution in [2.75, 3.05) is 5.73 Å². The predicted octanol–water partition coefficient (Wildman–Crippen LogP) is 3.66. The molecule has 22 heavy (non-hydrogen) atoms. The third-order valence-corrected chi connectivity index (χ3v) is 4.11. The van der Waals surface area contributed by atoms with E-state index < -0.39 is 23.4 Å². The van der Waals surface area contributed by atoms with E-state index in [4.69, 9.17) is 10.8 Å². The molecule has 3 aromatic rings. The van der Waals surface area contributed by atoms with E-state index in [0.29, 0.717) is 6.07 Å². The second-order valence-corrected chi connectivity index (χ2v) is 5.51. The Kier molecular flexibility index (Phi) is 3.25. The molecule has 0 fully saturated rings. The first-order valence-electron chi connectivity index (χ1n) is 5.94. The van der Waals surface area contributed by atoms with Crippen LogP contribution in [0.1, 0.15) is 9.67 Å². The van der Waals surface area contributed by atoms with Gasteiger partial charge in [-0.1, -0.05) is 0 Å². The Morgan fingerprint density at radius 1 is 1.18 bits per heavy atom. The van der Waals surface area contributed by atoms with Crippen molar-refractivity contribution in [3.05, 3.63) is 46.7 Å². The first-order valence-corrected chi connectivity index (χ1v) is 6.76. The van der Waals surface area contributed by atoms with Crippen LogP contribution in [0.15, 0.2) is 24.4 Å². The minimum Gasteiger partial charge on any atom is -0.477 e. The lowest BCUT2D eigenvalue weighted by molar-refractivity contribution is 0.0702. The van der Waals surface area contributed by atoms with Crippen LogP contribution in [0, 0.1) is 17.5 Å². The Bertz CT molecular complexity index is 924. The summed E-state index contributed by atoms with van der Waals surface area (Å²) in [5, 5.41) is 8.59. The Labute approximate surface area is 125 Å². The largest absolute Gasteiger partial charge is 0.477 e. The van der Waals surface area contributed by atoms with Gasteiger partial charge < -0.3 is 10.8 Å². The molecule has 2 aromatic carbocycles. The molecule has 0 radical (unpaired) electrons. The van der Waals surface area contributed by atoms with Crippen molar-refractivity contribution in [1.82, 2.24) is 4.98 Å². The molecule has 0 spiro atoms. The standard InChI is InChI=1S/C14H7F3N2O2S/c15-7-3-8(16)12(17)6-1-5(2-9(18)11(6)7)13-19-4-10(22-13)14(20)21/h1-4H,18H2,(H,20,21). The third-order valence-electron chi connectivity index (χ3n) is 3.07. The number of benzene rings is 2. The summed E-state index contributed by atoms with van der Waals surface area (Å²) >= 11 is 0.849. The van der Waals surface area contributed by atoms with Crippen LogP contribution in [0.3, 0.4) is 0 Å². The average molecular weight is 324 g/mol. The minimum absolute atomic E-state index is 0.0143. The first kappa shape index (κ1) is 14.3. The van der Waals surface area contributed by atoms with Crippen LogP contribution in [0.5, 0.6) is 0 Å². The van der Waals surface area contributed by atoms with Crippen LogP contribution in [-0.4, -0.2) is 16.1 Å². The van der Waals surface area contributed by atoms with Crippen molar-refractivity contribution in [3.63, 3.8) is 0 Å². The summed E-state index contributed by atoms with van der Waals surface area (Å²) in [5.74, 6) is -4.67. The third kappa shape index (κ3) is 2.17. The molecule has 3 rings (SSSR count). The second-order valence-electron chi connectivity index (χ2n) is 4.48. The number of hydrogen-bond donors (Lipinski definition) is 2. The van der Waals surface area contributed by atoms with E-state index in [9.17, 15) is 18.0 Å². The highest BCUT2D eigenvalue weighted by molar-refractivity contribution is 7.16. The predicted molar refractivity (Wildman–Crippen MR) is 76.3 cm³/mol. The van der Waals surface area contributed by atoms with Crippen molar-refractivity contribution in [2.24, 2.45) is 0 Å². The zero-order chi connectivity index (χ0) is 16.0. The quantitative estimate of drug-likeness (QED) is 0.557. The van der Waals surface area contributed by atoms with Gasteiger partial charge in [-0.3, -0.25) is 0 Å². The maximum Gasteiger partial charge on any atom is 0.347 e. The number of aromatic carboxylic acids is 1. The number of nitrogen functional groups attached to an aromatic ring is 1. The highest BCUT2D eigenvalue weighted by atomic mass is 32.1. The van der Waals surface area contributed by atoms with Crippen LogP contribution >= 0.6 is 11.3 Å². The minimum atomic E-state index is -1.33. The van der Waals surface area contributed by atoms with Crippen molar-refractivity contribution in [3.8, 4) is 10.6 Å². The summed E-state index contributed by atoms with van der Waals surface area (Å²) < 4.78 is 41.0. The smallest absolute Gasteiger partial charge is 0.347 e. The van der Waals surface area contributed by atoms with Gasteiger partial charge in [-0.2, -0.15) is 0 Å². The van der Waals surface area contributed by atoms with Crippen LogP contribution in [-0.2, 0) is 0 Å². The van der Waals surface area contributed by atoms with Crippen molar-refractivity contribution in [1.29, 1.82) is 0 Å². The molecule has 0 amide bonds. The molecule has 0 atom stereocenters. The molecule has 0 bridgehead atoms. The van der Waals surface area contributed by atoms with Gasteiger partial charge in [0.05, 0.1) is 6.20 Å². The maximum absolute atomic E-state index is 13.9. The molecule has 1 aromatic heterocycles. The van der Waals surface area contributed by atoms with E-state index in [1.807, 2.05) is 0 Å². The van der Waals surface area contributed by atoms with Crippen LogP contribution in [0.2, 0.25) is 0 Å². The first-order chi connectivity index (χ1) is 10.4. The molecule has 0 unspecified atom stereocenters. The lowest BCUT2D eigenvalue weighted by atomic mass is 10.0. The molecule has 8 heteroatoms. The zero-order valence-corrected chi connectivity index (χ0v) is 11.5. The molecule has 4 nitrogen and oxygen atoms in total. The highest BCUT2D eigenvalue weighted by Crippen LogP contribution is 2.35. The summed E-state index contributed by atoms with van der Waals surface area (Å²) in [6, 6.07) is 2.96. The molecular formula is C14H7F3N2O2S. The summed E-state index contributed by atoms with van der Waals surface area (Å²) in [5.41, 5.74) is 5.91. The number of anilines is 1. The summed E-state index contributed by atoms with van der Waals surface area (Å²) in [4.78, 5) is 14.7. The fraction of sp³-hybridized carbons (Fsp3) is 0. The second kappa shape index (κ2) is 4.99. The number of hydrogen-bond acceptors (Lipinski definition) is 4. The number of halogens is 3. The molecular weight excluding hydrogens is 317 g/mol. The number of aromatic nitrogens is 1. The summed E-state index contributed by atoms with van der Waals surface area (Å²) in [6.45, 7) is 0. The topological polar surface area (TPSA) is 76.2 Å². The number of rotatable bonds is 2. The number of carboxylic acid groups (broad SMARTS) is 1. The van der Waals surface area contributed by atoms with E-state index in [1.165, 1.54) is 12.1 Å². The SMILES string of the molecule is Nc1cc(-c2ncc(C(=O)O)s2)cc2c(F)c(F)cc(F)c12. The summed E-state index contributed by atoms with van der Waals surface area (Å²) in [7, 11) is 0. The molecule has 0 aliphatic heterocycles. The number of thiazole rings is 1. The highest BCUT2D eigenvalue weighted by Gasteiger charge is 2.18. The van der Waals surface area contributed by atoms with Gasteiger partial charge in [0.25, 0.3) is 0 Å². The van der Waals surface area contributed by atoms with Gasteiger partial charge in [0.15, 0.2) is 11.6 Å². The van der Waals surface area contributed by atoms with Crippen molar-refractivity contribution < 1.29 is 23.1 Å². The Balaban J connectivity index is 2.28. The van der Waals surface area contributed by atoms with Gasteiger partial charge in [0, 0.05) is 28.1 Å². The average Bonchev–Trinajstić information content (AvgIpc) is 2.94. The Hall–Kier alpha value is -2.61. The van der Waals surface area contributed by atoms with Gasteiger partial charge in [0.2, 0.25) is 0 Å². The lowest BCUT2D eigenvalue weighted by Crippen LogP contribution is -1.96. The van der Waals surface area contributed by atoms with Crippen LogP contribution < -0.4 is 5.73 Å². The fourth-order valence-corrected chi connectivity index (χ4v) is 2.85. The molecule has 0 saturated carbocycles. The van der Waals surface area contributed by atoms with Crippen molar-refractivity contribution in [2.45, 2.75) is 0 Å². The monoisotopic (exact) mass is 324 g/mol. The van der Waals surface area contributed by atoms with Gasteiger partial charge >= 0.3 is 5.97 Å².